The van der Waals surface area contributed by atoms with E-state index in [1.54, 1.807) is 0 Å². The molecular weight excluding hydrogens is 500 g/mol. The molecule has 41 heavy (non-hydrogen) atoms. The van der Waals surface area contributed by atoms with Gasteiger partial charge in [0.2, 0.25) is 0 Å². The van der Waals surface area contributed by atoms with Crippen molar-refractivity contribution in [1.82, 2.24) is 0 Å². The van der Waals surface area contributed by atoms with Crippen LogP contribution < -0.4 is 0 Å². The van der Waals surface area contributed by atoms with Gasteiger partial charge in [0.15, 0.2) is 0 Å². The maximum absolute atomic E-state index is 12.3. The smallest absolute Gasteiger partial charge is 0.384 e. The molecule has 0 saturated carbocycles. The molecule has 1 aromatic rings. The highest BCUT2D eigenvalue weighted by Gasteiger charge is 2.59. The van der Waals surface area contributed by atoms with E-state index >= 15 is 0 Å². The number of carbonyl (C=O) groups is 1. The van der Waals surface area contributed by atoms with Crippen molar-refractivity contribution in [2.24, 2.45) is 16.2 Å². The maximum Gasteiger partial charge on any atom is 0.384 e. The van der Waals surface area contributed by atoms with Crippen molar-refractivity contribution in [3.8, 4) is 11.8 Å². The molecule has 3 atom stereocenters. The molecule has 3 aliphatic rings. The summed E-state index contributed by atoms with van der Waals surface area (Å²) in [5.74, 6) is 5.80. The predicted octanol–water partition coefficient (Wildman–Crippen LogP) is 9.97. The van der Waals surface area contributed by atoms with Crippen LogP contribution in [0.2, 0.25) is 0 Å². The highest BCUT2D eigenvalue weighted by molar-refractivity contribution is 5.91. The lowest BCUT2D eigenvalue weighted by molar-refractivity contribution is -0.136. The van der Waals surface area contributed by atoms with Gasteiger partial charge in [-0.25, -0.2) is 4.79 Å². The Kier molecular flexibility index (Phi) is 8.03. The Hall–Kier alpha value is -3.05. The lowest BCUT2D eigenvalue weighted by Crippen LogP contribution is -2.52. The molecule has 0 aliphatic heterocycles. The zero-order valence-corrected chi connectivity index (χ0v) is 27.3. The van der Waals surface area contributed by atoms with E-state index in [1.807, 2.05) is 0 Å². The van der Waals surface area contributed by atoms with Gasteiger partial charge in [0, 0.05) is 16.9 Å². The van der Waals surface area contributed by atoms with Gasteiger partial charge in [0.05, 0.1) is 6.61 Å². The molecule has 0 bridgehead atoms. The molecule has 1 aromatic carbocycles. The Morgan fingerprint density at radius 2 is 1.78 bits per heavy atom. The second-order valence-electron chi connectivity index (χ2n) is 14.1. The SMILES string of the molecule is C=C(C)C1=C(C)C[C@@]2(C)C[C@@]3(C)Cc4c(C(C)C)cc(C#CC(=O)OCCCC)c(C)c4C(=C)C3=C(C)[C@@]2(C)C1=C. The second kappa shape index (κ2) is 10.7. The molecule has 0 radical (unpaired) electrons. The van der Waals surface area contributed by atoms with E-state index in [0.29, 0.717) is 12.5 Å². The summed E-state index contributed by atoms with van der Waals surface area (Å²) in [6.07, 6.45) is 4.92. The highest BCUT2D eigenvalue weighted by Crippen LogP contribution is 2.70. The minimum Gasteiger partial charge on any atom is -0.456 e. The van der Waals surface area contributed by atoms with E-state index in [9.17, 15) is 4.79 Å². The van der Waals surface area contributed by atoms with Crippen LogP contribution >= 0.6 is 0 Å². The molecule has 0 heterocycles. The highest BCUT2D eigenvalue weighted by atomic mass is 16.5. The van der Waals surface area contributed by atoms with Crippen LogP contribution in [0.5, 0.6) is 0 Å². The van der Waals surface area contributed by atoms with Gasteiger partial charge in [-0.2, -0.15) is 0 Å². The summed E-state index contributed by atoms with van der Waals surface area (Å²) < 4.78 is 5.31. The Bertz CT molecular complexity index is 1500. The molecular formula is C39H50O2. The Morgan fingerprint density at radius 3 is 2.37 bits per heavy atom. The largest absolute Gasteiger partial charge is 0.456 e. The number of fused-ring (bicyclic) bond motifs is 3. The number of esters is 1. The van der Waals surface area contributed by atoms with Gasteiger partial charge in [-0.1, -0.05) is 90.3 Å². The molecule has 0 spiro atoms. The van der Waals surface area contributed by atoms with Crippen molar-refractivity contribution < 1.29 is 9.53 Å². The maximum atomic E-state index is 12.3. The zero-order chi connectivity index (χ0) is 30.7. The third-order valence-electron chi connectivity index (χ3n) is 10.7. The summed E-state index contributed by atoms with van der Waals surface area (Å²) in [4.78, 5) is 12.3. The first-order chi connectivity index (χ1) is 19.0. The van der Waals surface area contributed by atoms with Crippen molar-refractivity contribution in [2.75, 3.05) is 6.61 Å². The topological polar surface area (TPSA) is 26.3 Å². The van der Waals surface area contributed by atoms with E-state index in [4.69, 9.17) is 17.9 Å². The van der Waals surface area contributed by atoms with Crippen molar-refractivity contribution in [1.29, 1.82) is 0 Å². The fourth-order valence-electron chi connectivity index (χ4n) is 8.74. The number of benzene rings is 1. The fourth-order valence-corrected chi connectivity index (χ4v) is 8.74. The molecule has 218 valence electrons. The van der Waals surface area contributed by atoms with Gasteiger partial charge >= 0.3 is 5.97 Å². The van der Waals surface area contributed by atoms with Gasteiger partial charge in [-0.3, -0.25) is 0 Å². The number of ether oxygens (including phenoxy) is 1. The van der Waals surface area contributed by atoms with Crippen LogP contribution in [0, 0.1) is 35.0 Å². The first kappa shape index (κ1) is 30.9. The molecule has 0 N–H and O–H groups in total. The lowest BCUT2D eigenvalue weighted by atomic mass is 9.41. The van der Waals surface area contributed by atoms with E-state index in [2.05, 4.69) is 93.7 Å². The molecule has 0 amide bonds. The zero-order valence-electron chi connectivity index (χ0n) is 27.3. The van der Waals surface area contributed by atoms with Gasteiger partial charge in [-0.15, -0.1) is 0 Å². The summed E-state index contributed by atoms with van der Waals surface area (Å²) in [6, 6.07) is 2.21. The summed E-state index contributed by atoms with van der Waals surface area (Å²) in [5.41, 5.74) is 14.6. The van der Waals surface area contributed by atoms with Gasteiger partial charge in [-0.05, 0) is 121 Å². The second-order valence-corrected chi connectivity index (χ2v) is 14.1. The molecule has 3 aliphatic carbocycles. The summed E-state index contributed by atoms with van der Waals surface area (Å²) >= 11 is 0. The van der Waals surface area contributed by atoms with Gasteiger partial charge in [0.1, 0.15) is 0 Å². The van der Waals surface area contributed by atoms with Crippen LogP contribution in [0.1, 0.15) is 122 Å². The van der Waals surface area contributed by atoms with E-state index in [0.717, 1.165) is 54.4 Å². The Labute approximate surface area is 249 Å². The van der Waals surface area contributed by atoms with Crippen molar-refractivity contribution >= 4 is 11.5 Å². The predicted molar refractivity (Wildman–Crippen MR) is 174 cm³/mol. The summed E-state index contributed by atoms with van der Waals surface area (Å²) in [5, 5.41) is 0. The van der Waals surface area contributed by atoms with E-state index in [-0.39, 0.29) is 16.2 Å². The average Bonchev–Trinajstić information content (AvgIpc) is 2.85. The normalized spacial score (nSPS) is 27.2. The Balaban J connectivity index is 1.92. The summed E-state index contributed by atoms with van der Waals surface area (Å²) in [7, 11) is 0. The van der Waals surface area contributed by atoms with Crippen LogP contribution in [0.25, 0.3) is 5.57 Å². The van der Waals surface area contributed by atoms with Gasteiger partial charge in [0.25, 0.3) is 0 Å². The number of hydrogen-bond donors (Lipinski definition) is 0. The van der Waals surface area contributed by atoms with Crippen molar-refractivity contribution in [3.63, 3.8) is 0 Å². The number of carbonyl (C=O) groups excluding carboxylic acids is 1. The average molecular weight is 551 g/mol. The molecule has 2 nitrogen and oxygen atoms in total. The molecule has 4 rings (SSSR count). The van der Waals surface area contributed by atoms with E-state index in [1.165, 1.54) is 44.6 Å². The molecule has 0 unspecified atom stereocenters. The van der Waals surface area contributed by atoms with E-state index < -0.39 is 5.97 Å². The molecule has 0 aromatic heterocycles. The molecule has 0 fully saturated rings. The first-order valence-electron chi connectivity index (χ1n) is 15.4. The first-order valence-corrected chi connectivity index (χ1v) is 15.4. The molecule has 2 heteroatoms. The van der Waals surface area contributed by atoms with Crippen molar-refractivity contribution in [3.05, 3.63) is 87.1 Å². The van der Waals surface area contributed by atoms with Crippen LogP contribution in [0.3, 0.4) is 0 Å². The fraction of sp³-hybridized carbons (Fsp3) is 0.513. The van der Waals surface area contributed by atoms with Gasteiger partial charge < -0.3 is 4.74 Å². The van der Waals surface area contributed by atoms with Crippen LogP contribution in [-0.4, -0.2) is 12.6 Å². The standard InChI is InChI=1S/C39H50O2/c1-14-15-18-41-33(40)17-16-30-19-31(23(2)3)32-21-37(11)22-38(12)20-25(6)34(24(4)5)28(9)39(38,13)29(10)36(37)27(8)35(32)26(30)7/h19,23H,4,8-9,14-15,18,20-22H2,1-3,5-7,10-13H3/t37-,38+,39-/m1/s1. The lowest BCUT2D eigenvalue weighted by Gasteiger charge is -2.62. The summed E-state index contributed by atoms with van der Waals surface area (Å²) in [6.45, 7) is 37.1. The number of allylic oxidation sites excluding steroid dienone is 7. The third kappa shape index (κ3) is 4.70. The van der Waals surface area contributed by atoms with Crippen LogP contribution in [0.15, 0.2) is 59.2 Å². The quantitative estimate of drug-likeness (QED) is 0.207. The minimum absolute atomic E-state index is 0.0317. The minimum atomic E-state index is -0.460. The van der Waals surface area contributed by atoms with Crippen LogP contribution in [-0.2, 0) is 16.0 Å². The third-order valence-corrected chi connectivity index (χ3v) is 10.7. The number of unbranched alkanes of at least 4 members (excludes halogenated alkanes) is 1. The number of hydrogen-bond acceptors (Lipinski definition) is 2. The monoisotopic (exact) mass is 550 g/mol. The van der Waals surface area contributed by atoms with Crippen LogP contribution in [0.4, 0.5) is 0 Å². The molecule has 0 saturated heterocycles. The Morgan fingerprint density at radius 1 is 1.12 bits per heavy atom. The number of rotatable bonds is 5. The van der Waals surface area contributed by atoms with Crippen molar-refractivity contribution in [2.45, 2.75) is 107 Å².